The van der Waals surface area contributed by atoms with Gasteiger partial charge in [-0.05, 0) is 42.3 Å². The zero-order valence-corrected chi connectivity index (χ0v) is 15.4. The summed E-state index contributed by atoms with van der Waals surface area (Å²) < 4.78 is 4.65. The molecule has 1 aliphatic rings. The highest BCUT2D eigenvalue weighted by Gasteiger charge is 2.35. The molecule has 0 aliphatic carbocycles. The SMILES string of the molecule is CCc1ccccc1N1CC(C(=O)Nc2ccc(C(=O)OC)cc2)CC1=O. The maximum absolute atomic E-state index is 12.6. The highest BCUT2D eigenvalue weighted by atomic mass is 16.5. The lowest BCUT2D eigenvalue weighted by Gasteiger charge is -2.20. The van der Waals surface area contributed by atoms with Gasteiger partial charge in [0.15, 0.2) is 0 Å². The Labute approximate surface area is 158 Å². The zero-order chi connectivity index (χ0) is 19.4. The zero-order valence-electron chi connectivity index (χ0n) is 15.4. The molecule has 1 unspecified atom stereocenters. The molecular weight excluding hydrogens is 344 g/mol. The predicted molar refractivity (Wildman–Crippen MR) is 103 cm³/mol. The number of esters is 1. The third kappa shape index (κ3) is 4.00. The van der Waals surface area contributed by atoms with E-state index in [0.717, 1.165) is 17.7 Å². The number of rotatable bonds is 5. The standard InChI is InChI=1S/C21H22N2O4/c1-3-14-6-4-5-7-18(14)23-13-16(12-19(23)24)20(25)22-17-10-8-15(9-11-17)21(26)27-2/h4-11,16H,3,12-13H2,1-2H3,(H,22,25). The summed E-state index contributed by atoms with van der Waals surface area (Å²) in [6.07, 6.45) is 1.01. The highest BCUT2D eigenvalue weighted by molar-refractivity contribution is 6.04. The molecule has 1 atom stereocenters. The van der Waals surface area contributed by atoms with Crippen LogP contribution in [0.2, 0.25) is 0 Å². The number of hydrogen-bond donors (Lipinski definition) is 1. The van der Waals surface area contributed by atoms with E-state index in [4.69, 9.17) is 0 Å². The van der Waals surface area contributed by atoms with E-state index in [-0.39, 0.29) is 18.2 Å². The number of benzene rings is 2. The minimum absolute atomic E-state index is 0.0444. The predicted octanol–water partition coefficient (Wildman–Crippen LogP) is 3.03. The number of nitrogens with zero attached hydrogens (tertiary/aromatic N) is 1. The van der Waals surface area contributed by atoms with Gasteiger partial charge in [-0.15, -0.1) is 0 Å². The van der Waals surface area contributed by atoms with Crippen LogP contribution < -0.4 is 10.2 Å². The van der Waals surface area contributed by atoms with Crippen LogP contribution in [0.4, 0.5) is 11.4 Å². The Balaban J connectivity index is 1.68. The van der Waals surface area contributed by atoms with Crippen molar-refractivity contribution in [2.24, 2.45) is 5.92 Å². The van der Waals surface area contributed by atoms with E-state index in [0.29, 0.717) is 17.8 Å². The summed E-state index contributed by atoms with van der Waals surface area (Å²) >= 11 is 0. The van der Waals surface area contributed by atoms with Crippen molar-refractivity contribution in [2.45, 2.75) is 19.8 Å². The van der Waals surface area contributed by atoms with Gasteiger partial charge in [-0.25, -0.2) is 4.79 Å². The Kier molecular flexibility index (Phi) is 5.54. The summed E-state index contributed by atoms with van der Waals surface area (Å²) in [4.78, 5) is 38.2. The molecule has 1 fully saturated rings. The van der Waals surface area contributed by atoms with E-state index in [2.05, 4.69) is 10.1 Å². The summed E-state index contributed by atoms with van der Waals surface area (Å²) in [5, 5.41) is 2.82. The topological polar surface area (TPSA) is 75.7 Å². The van der Waals surface area contributed by atoms with E-state index in [1.165, 1.54) is 7.11 Å². The van der Waals surface area contributed by atoms with Crippen molar-refractivity contribution in [3.05, 3.63) is 59.7 Å². The summed E-state index contributed by atoms with van der Waals surface area (Å²) in [5.74, 6) is -1.09. The maximum Gasteiger partial charge on any atom is 0.337 e. The largest absolute Gasteiger partial charge is 0.465 e. The molecule has 1 N–H and O–H groups in total. The molecule has 0 spiro atoms. The van der Waals surface area contributed by atoms with Crippen LogP contribution in [0.3, 0.4) is 0 Å². The first-order chi connectivity index (χ1) is 13.0. The Hall–Kier alpha value is -3.15. The van der Waals surface area contributed by atoms with Crippen LogP contribution in [0.1, 0.15) is 29.3 Å². The number of amides is 2. The number of methoxy groups -OCH3 is 1. The fraction of sp³-hybridized carbons (Fsp3) is 0.286. The average molecular weight is 366 g/mol. The summed E-state index contributed by atoms with van der Waals surface area (Å²) in [6.45, 7) is 2.41. The van der Waals surface area contributed by atoms with Crippen LogP contribution in [-0.4, -0.2) is 31.4 Å². The number of aryl methyl sites for hydroxylation is 1. The minimum atomic E-state index is -0.431. The molecule has 1 saturated heterocycles. The number of anilines is 2. The van der Waals surface area contributed by atoms with Crippen molar-refractivity contribution in [3.63, 3.8) is 0 Å². The van der Waals surface area contributed by atoms with Crippen molar-refractivity contribution in [1.82, 2.24) is 0 Å². The Morgan fingerprint density at radius 2 is 1.85 bits per heavy atom. The van der Waals surface area contributed by atoms with Gasteiger partial charge in [0.2, 0.25) is 11.8 Å². The van der Waals surface area contributed by atoms with Gasteiger partial charge in [-0.3, -0.25) is 9.59 Å². The van der Waals surface area contributed by atoms with Gasteiger partial charge in [-0.1, -0.05) is 25.1 Å². The van der Waals surface area contributed by atoms with Crippen LogP contribution in [-0.2, 0) is 20.7 Å². The number of nitrogens with one attached hydrogen (secondary N) is 1. The summed E-state index contributed by atoms with van der Waals surface area (Å²) in [7, 11) is 1.32. The number of ether oxygens (including phenoxy) is 1. The van der Waals surface area contributed by atoms with Crippen LogP contribution in [0.15, 0.2) is 48.5 Å². The third-order valence-electron chi connectivity index (χ3n) is 4.73. The average Bonchev–Trinajstić information content (AvgIpc) is 3.09. The molecule has 27 heavy (non-hydrogen) atoms. The third-order valence-corrected chi connectivity index (χ3v) is 4.73. The fourth-order valence-corrected chi connectivity index (χ4v) is 3.24. The second-order valence-corrected chi connectivity index (χ2v) is 6.45. The molecular formula is C21H22N2O4. The first-order valence-electron chi connectivity index (χ1n) is 8.91. The summed E-state index contributed by atoms with van der Waals surface area (Å²) in [6, 6.07) is 14.2. The number of carbonyl (C=O) groups is 3. The smallest absolute Gasteiger partial charge is 0.337 e. The second-order valence-electron chi connectivity index (χ2n) is 6.45. The van der Waals surface area contributed by atoms with Crippen LogP contribution in [0, 0.1) is 5.92 Å². The van der Waals surface area contributed by atoms with Crippen LogP contribution in [0.25, 0.3) is 0 Å². The van der Waals surface area contributed by atoms with Gasteiger partial charge in [0, 0.05) is 24.3 Å². The van der Waals surface area contributed by atoms with Crippen molar-refractivity contribution in [2.75, 3.05) is 23.9 Å². The lowest BCUT2D eigenvalue weighted by molar-refractivity contribution is -0.122. The molecule has 3 rings (SSSR count). The van der Waals surface area contributed by atoms with Gasteiger partial charge < -0.3 is 15.0 Å². The monoisotopic (exact) mass is 366 g/mol. The molecule has 0 radical (unpaired) electrons. The lowest BCUT2D eigenvalue weighted by Crippen LogP contribution is -2.28. The minimum Gasteiger partial charge on any atom is -0.465 e. The Morgan fingerprint density at radius 1 is 1.15 bits per heavy atom. The van der Waals surface area contributed by atoms with Gasteiger partial charge in [0.05, 0.1) is 18.6 Å². The lowest BCUT2D eigenvalue weighted by atomic mass is 10.1. The molecule has 140 valence electrons. The number of para-hydroxylation sites is 1. The van der Waals surface area contributed by atoms with Crippen molar-refractivity contribution in [3.8, 4) is 0 Å². The molecule has 2 amide bonds. The molecule has 2 aromatic carbocycles. The fourth-order valence-electron chi connectivity index (χ4n) is 3.24. The Morgan fingerprint density at radius 3 is 2.52 bits per heavy atom. The summed E-state index contributed by atoms with van der Waals surface area (Å²) in [5.41, 5.74) is 2.95. The van der Waals surface area contributed by atoms with Gasteiger partial charge >= 0.3 is 5.97 Å². The molecule has 0 bridgehead atoms. The number of carbonyl (C=O) groups excluding carboxylic acids is 3. The van der Waals surface area contributed by atoms with Crippen LogP contribution >= 0.6 is 0 Å². The van der Waals surface area contributed by atoms with Gasteiger partial charge in [-0.2, -0.15) is 0 Å². The van der Waals surface area contributed by atoms with Gasteiger partial charge in [0.25, 0.3) is 0 Å². The van der Waals surface area contributed by atoms with E-state index in [1.54, 1.807) is 29.2 Å². The van der Waals surface area contributed by atoms with E-state index >= 15 is 0 Å². The molecule has 2 aromatic rings. The van der Waals surface area contributed by atoms with Gasteiger partial charge in [0.1, 0.15) is 0 Å². The normalized spacial score (nSPS) is 16.3. The maximum atomic E-state index is 12.6. The van der Waals surface area contributed by atoms with Crippen molar-refractivity contribution < 1.29 is 19.1 Å². The molecule has 1 heterocycles. The highest BCUT2D eigenvalue weighted by Crippen LogP contribution is 2.29. The molecule has 1 aliphatic heterocycles. The molecule has 6 heteroatoms. The van der Waals surface area contributed by atoms with Crippen molar-refractivity contribution >= 4 is 29.2 Å². The molecule has 6 nitrogen and oxygen atoms in total. The van der Waals surface area contributed by atoms with E-state index < -0.39 is 11.9 Å². The van der Waals surface area contributed by atoms with Crippen molar-refractivity contribution in [1.29, 1.82) is 0 Å². The molecule has 0 saturated carbocycles. The number of hydrogen-bond acceptors (Lipinski definition) is 4. The molecule has 0 aromatic heterocycles. The van der Waals surface area contributed by atoms with Crippen LogP contribution in [0.5, 0.6) is 0 Å². The second kappa shape index (κ2) is 8.03. The quantitative estimate of drug-likeness (QED) is 0.826. The first kappa shape index (κ1) is 18.6. The first-order valence-corrected chi connectivity index (χ1v) is 8.91. The Bertz CT molecular complexity index is 861. The van der Waals surface area contributed by atoms with E-state index in [9.17, 15) is 14.4 Å². The van der Waals surface area contributed by atoms with E-state index in [1.807, 2.05) is 31.2 Å².